The minimum Gasteiger partial charge on any atom is -0.496 e. The van der Waals surface area contributed by atoms with Gasteiger partial charge in [-0.25, -0.2) is 9.18 Å². The van der Waals surface area contributed by atoms with E-state index < -0.39 is 23.8 Å². The molecule has 3 aromatic rings. The van der Waals surface area contributed by atoms with Crippen LogP contribution < -0.4 is 20.1 Å². The van der Waals surface area contributed by atoms with Crippen molar-refractivity contribution in [3.63, 3.8) is 0 Å². The number of anilines is 1. The van der Waals surface area contributed by atoms with Crippen molar-refractivity contribution < 1.29 is 33.0 Å². The minimum atomic E-state index is -0.997. The van der Waals surface area contributed by atoms with Gasteiger partial charge in [0.25, 0.3) is 5.91 Å². The van der Waals surface area contributed by atoms with Crippen molar-refractivity contribution in [1.82, 2.24) is 10.2 Å². The highest BCUT2D eigenvalue weighted by molar-refractivity contribution is 6.44. The summed E-state index contributed by atoms with van der Waals surface area (Å²) in [5.74, 6) is -1.57. The molecule has 0 saturated carbocycles. The first kappa shape index (κ1) is 22.5. The molecule has 0 aromatic heterocycles. The molecule has 3 aromatic carbocycles. The smallest absolute Gasteiger partial charge is 0.331 e. The molecule has 1 aliphatic heterocycles. The predicted octanol–water partition coefficient (Wildman–Crippen LogP) is 3.46. The quantitative estimate of drug-likeness (QED) is 0.410. The Bertz CT molecular complexity index is 1270. The molecule has 0 radical (unpaired) electrons. The van der Waals surface area contributed by atoms with E-state index in [9.17, 15) is 23.6 Å². The largest absolute Gasteiger partial charge is 0.496 e. The maximum Gasteiger partial charge on any atom is 0.331 e. The molecule has 4 rings (SSSR count). The third-order valence-corrected chi connectivity index (χ3v) is 4.92. The second kappa shape index (κ2) is 9.41. The Morgan fingerprint density at radius 2 is 1.62 bits per heavy atom. The maximum atomic E-state index is 13.0. The lowest BCUT2D eigenvalue weighted by Gasteiger charge is -2.14. The molecule has 1 aliphatic rings. The lowest BCUT2D eigenvalue weighted by atomic mass is 10.1. The third-order valence-electron chi connectivity index (χ3n) is 4.92. The van der Waals surface area contributed by atoms with Crippen molar-refractivity contribution in [1.29, 1.82) is 0 Å². The van der Waals surface area contributed by atoms with Crippen LogP contribution in [0, 0.1) is 5.82 Å². The molecule has 34 heavy (non-hydrogen) atoms. The Kier molecular flexibility index (Phi) is 6.22. The van der Waals surface area contributed by atoms with Gasteiger partial charge in [0.05, 0.1) is 19.2 Å². The molecule has 1 fully saturated rings. The van der Waals surface area contributed by atoms with Gasteiger partial charge in [0, 0.05) is 5.69 Å². The van der Waals surface area contributed by atoms with Gasteiger partial charge in [0.15, 0.2) is 0 Å². The fraction of sp³-hybridized carbons (Fsp3) is 0.0833. The number of rotatable bonds is 7. The number of hydrogen-bond acceptors (Lipinski definition) is 6. The SMILES string of the molecule is COc1ccc(CN2C(=O)NC(=O)C2=O)cc1C(=O)Nc1ccc(Oc2ccc(F)cc2)cc1. The number of urea groups is 1. The minimum absolute atomic E-state index is 0.171. The summed E-state index contributed by atoms with van der Waals surface area (Å²) in [7, 11) is 1.41. The van der Waals surface area contributed by atoms with Gasteiger partial charge in [-0.3, -0.25) is 24.6 Å². The Balaban J connectivity index is 1.47. The number of benzene rings is 3. The summed E-state index contributed by atoms with van der Waals surface area (Å²) in [5, 5.41) is 4.66. The van der Waals surface area contributed by atoms with Crippen LogP contribution in [0.1, 0.15) is 15.9 Å². The zero-order chi connectivity index (χ0) is 24.2. The molecule has 2 N–H and O–H groups in total. The molecule has 0 bridgehead atoms. The first-order valence-corrected chi connectivity index (χ1v) is 10.0. The molecule has 1 saturated heterocycles. The van der Waals surface area contributed by atoms with Crippen LogP contribution in [-0.2, 0) is 16.1 Å². The van der Waals surface area contributed by atoms with Gasteiger partial charge in [-0.2, -0.15) is 0 Å². The highest BCUT2D eigenvalue weighted by atomic mass is 19.1. The highest BCUT2D eigenvalue weighted by Crippen LogP contribution is 2.25. The third kappa shape index (κ3) is 4.85. The van der Waals surface area contributed by atoms with E-state index in [0.29, 0.717) is 22.7 Å². The second-order valence-electron chi connectivity index (χ2n) is 7.22. The molecule has 0 unspecified atom stereocenters. The lowest BCUT2D eigenvalue weighted by Crippen LogP contribution is -2.30. The first-order valence-electron chi connectivity index (χ1n) is 10.0. The number of imide groups is 2. The van der Waals surface area contributed by atoms with Gasteiger partial charge in [0.1, 0.15) is 23.1 Å². The van der Waals surface area contributed by atoms with Crippen molar-refractivity contribution >= 4 is 29.4 Å². The van der Waals surface area contributed by atoms with Gasteiger partial charge < -0.3 is 14.8 Å². The van der Waals surface area contributed by atoms with Crippen LogP contribution >= 0.6 is 0 Å². The molecule has 9 nitrogen and oxygen atoms in total. The topological polar surface area (TPSA) is 114 Å². The highest BCUT2D eigenvalue weighted by Gasteiger charge is 2.36. The van der Waals surface area contributed by atoms with Crippen LogP contribution in [0.3, 0.4) is 0 Å². The Labute approximate surface area is 193 Å². The summed E-state index contributed by atoms with van der Waals surface area (Å²) in [6.45, 7) is -0.184. The number of carbonyl (C=O) groups excluding carboxylic acids is 4. The molecule has 0 spiro atoms. The maximum absolute atomic E-state index is 13.0. The normalized spacial score (nSPS) is 13.0. The van der Waals surface area contributed by atoms with Gasteiger partial charge in [-0.15, -0.1) is 0 Å². The molecular formula is C24H18FN3O6. The van der Waals surface area contributed by atoms with Crippen LogP contribution in [-0.4, -0.2) is 35.8 Å². The molecule has 0 atom stereocenters. The van der Waals surface area contributed by atoms with Gasteiger partial charge >= 0.3 is 17.8 Å². The summed E-state index contributed by atoms with van der Waals surface area (Å²) in [6, 6.07) is 15.9. The summed E-state index contributed by atoms with van der Waals surface area (Å²) < 4.78 is 23.9. The van der Waals surface area contributed by atoms with Gasteiger partial charge in [-0.1, -0.05) is 6.07 Å². The number of hydrogen-bond donors (Lipinski definition) is 2. The zero-order valence-corrected chi connectivity index (χ0v) is 17.8. The van der Waals surface area contributed by atoms with Crippen molar-refractivity contribution in [3.05, 3.63) is 83.7 Å². The van der Waals surface area contributed by atoms with E-state index >= 15 is 0 Å². The van der Waals surface area contributed by atoms with Gasteiger partial charge in [-0.05, 0) is 66.2 Å². The Morgan fingerprint density at radius 1 is 0.971 bits per heavy atom. The van der Waals surface area contributed by atoms with Crippen molar-refractivity contribution in [3.8, 4) is 17.2 Å². The summed E-state index contributed by atoms with van der Waals surface area (Å²) in [5.41, 5.74) is 1.10. The number of nitrogens with one attached hydrogen (secondary N) is 2. The number of nitrogens with zero attached hydrogens (tertiary/aromatic N) is 1. The van der Waals surface area contributed by atoms with E-state index in [0.717, 1.165) is 4.90 Å². The Morgan fingerprint density at radius 3 is 2.21 bits per heavy atom. The van der Waals surface area contributed by atoms with Crippen molar-refractivity contribution in [2.75, 3.05) is 12.4 Å². The zero-order valence-electron chi connectivity index (χ0n) is 17.8. The summed E-state index contributed by atoms with van der Waals surface area (Å²) >= 11 is 0. The molecule has 10 heteroatoms. The molecule has 5 amide bonds. The van der Waals surface area contributed by atoms with E-state index in [4.69, 9.17) is 9.47 Å². The van der Waals surface area contributed by atoms with Crippen LogP contribution in [0.5, 0.6) is 17.2 Å². The molecule has 172 valence electrons. The van der Waals surface area contributed by atoms with Crippen LogP contribution in [0.25, 0.3) is 0 Å². The van der Waals surface area contributed by atoms with Crippen LogP contribution in [0.4, 0.5) is 14.9 Å². The fourth-order valence-corrected chi connectivity index (χ4v) is 3.23. The lowest BCUT2D eigenvalue weighted by molar-refractivity contribution is -0.140. The van der Waals surface area contributed by atoms with E-state index in [-0.39, 0.29) is 23.7 Å². The number of ether oxygens (including phenoxy) is 2. The monoisotopic (exact) mass is 463 g/mol. The average Bonchev–Trinajstić information content (AvgIpc) is 3.07. The van der Waals surface area contributed by atoms with Crippen molar-refractivity contribution in [2.45, 2.75) is 6.54 Å². The number of carbonyl (C=O) groups is 4. The van der Waals surface area contributed by atoms with E-state index in [2.05, 4.69) is 5.32 Å². The van der Waals surface area contributed by atoms with E-state index in [1.54, 1.807) is 30.3 Å². The summed E-state index contributed by atoms with van der Waals surface area (Å²) in [6.07, 6.45) is 0. The second-order valence-corrected chi connectivity index (χ2v) is 7.22. The Hall–Kier alpha value is -4.73. The summed E-state index contributed by atoms with van der Waals surface area (Å²) in [4.78, 5) is 48.6. The average molecular weight is 463 g/mol. The standard InChI is InChI=1S/C24H18FN3O6/c1-33-20-11-2-14(13-28-23(31)22(30)27-24(28)32)12-19(20)21(29)26-16-5-9-18(10-6-16)34-17-7-3-15(25)4-8-17/h2-12H,13H2,1H3,(H,26,29)(H,27,30,32). The van der Waals surface area contributed by atoms with Crippen LogP contribution in [0.2, 0.25) is 0 Å². The van der Waals surface area contributed by atoms with Crippen molar-refractivity contribution in [2.24, 2.45) is 0 Å². The van der Waals surface area contributed by atoms with E-state index in [1.807, 2.05) is 5.32 Å². The van der Waals surface area contributed by atoms with Crippen LogP contribution in [0.15, 0.2) is 66.7 Å². The number of halogens is 1. The number of amides is 5. The predicted molar refractivity (Wildman–Crippen MR) is 118 cm³/mol. The van der Waals surface area contributed by atoms with Gasteiger partial charge in [0.2, 0.25) is 0 Å². The molecule has 1 heterocycles. The number of methoxy groups -OCH3 is 1. The first-order chi connectivity index (χ1) is 16.3. The molecular weight excluding hydrogens is 445 g/mol. The fourth-order valence-electron chi connectivity index (χ4n) is 3.23. The molecule has 0 aliphatic carbocycles. The van der Waals surface area contributed by atoms with E-state index in [1.165, 1.54) is 43.5 Å².